The fraction of sp³-hybridized carbons (Fsp3) is 0.389. The van der Waals surface area contributed by atoms with Gasteiger partial charge < -0.3 is 15.3 Å². The van der Waals surface area contributed by atoms with Gasteiger partial charge in [-0.3, -0.25) is 14.3 Å². The number of amides is 3. The molecule has 3 amide bonds. The van der Waals surface area contributed by atoms with E-state index in [1.54, 1.807) is 0 Å². The lowest BCUT2D eigenvalue weighted by Gasteiger charge is -2.27. The molecule has 2 aromatic rings. The zero-order chi connectivity index (χ0) is 21.6. The van der Waals surface area contributed by atoms with Crippen LogP contribution in [0.1, 0.15) is 21.7 Å². The summed E-state index contributed by atoms with van der Waals surface area (Å²) < 4.78 is 15.6. The summed E-state index contributed by atoms with van der Waals surface area (Å²) in [7, 11) is 1.46. The Morgan fingerprint density at radius 1 is 1.40 bits per heavy atom. The van der Waals surface area contributed by atoms with Gasteiger partial charge in [0.1, 0.15) is 17.6 Å². The SMILES string of the molecule is CN1OC(CO)Cn2nc3c(c2C1=O)CN(C(=O)Nc1cc(Cl)c(Cl)cc1F)CC3. The van der Waals surface area contributed by atoms with E-state index in [0.29, 0.717) is 29.9 Å². The molecule has 2 aliphatic heterocycles. The Kier molecular flexibility index (Phi) is 5.58. The Morgan fingerprint density at radius 3 is 2.87 bits per heavy atom. The maximum absolute atomic E-state index is 14.1. The van der Waals surface area contributed by atoms with E-state index >= 15 is 0 Å². The number of aromatic nitrogens is 2. The molecule has 3 heterocycles. The summed E-state index contributed by atoms with van der Waals surface area (Å²) in [5, 5.41) is 17.6. The highest BCUT2D eigenvalue weighted by Gasteiger charge is 2.35. The number of hydroxylamine groups is 2. The van der Waals surface area contributed by atoms with Crippen molar-refractivity contribution in [3.8, 4) is 0 Å². The van der Waals surface area contributed by atoms with Crippen molar-refractivity contribution in [3.05, 3.63) is 44.9 Å². The van der Waals surface area contributed by atoms with Crippen molar-refractivity contribution in [3.63, 3.8) is 0 Å². The van der Waals surface area contributed by atoms with Gasteiger partial charge in [0.05, 0.1) is 41.1 Å². The van der Waals surface area contributed by atoms with E-state index < -0.39 is 23.9 Å². The molecule has 0 saturated heterocycles. The summed E-state index contributed by atoms with van der Waals surface area (Å²) in [4.78, 5) is 32.4. The first kappa shape index (κ1) is 20.9. The summed E-state index contributed by atoms with van der Waals surface area (Å²) in [6.45, 7) is 0.381. The molecular weight excluding hydrogens is 440 g/mol. The number of hydrogen-bond donors (Lipinski definition) is 2. The molecule has 0 saturated carbocycles. The molecule has 1 atom stereocenters. The number of hydrogen-bond acceptors (Lipinski definition) is 5. The van der Waals surface area contributed by atoms with Crippen molar-refractivity contribution >= 4 is 40.8 Å². The van der Waals surface area contributed by atoms with Gasteiger partial charge in [0.25, 0.3) is 5.91 Å². The monoisotopic (exact) mass is 457 g/mol. The Labute approximate surface area is 180 Å². The number of nitrogens with zero attached hydrogens (tertiary/aromatic N) is 4. The number of aliphatic hydroxyl groups excluding tert-OH is 1. The number of carbonyl (C=O) groups excluding carboxylic acids is 2. The summed E-state index contributed by atoms with van der Waals surface area (Å²) in [6, 6.07) is 1.72. The van der Waals surface area contributed by atoms with Gasteiger partial charge in [-0.2, -0.15) is 5.10 Å². The molecule has 12 heteroatoms. The number of aliphatic hydroxyl groups is 1. The molecule has 2 aliphatic rings. The number of fused-ring (bicyclic) bond motifs is 3. The highest BCUT2D eigenvalue weighted by molar-refractivity contribution is 6.42. The molecule has 0 fully saturated rings. The first-order chi connectivity index (χ1) is 14.3. The maximum Gasteiger partial charge on any atom is 0.322 e. The average Bonchev–Trinajstić information content (AvgIpc) is 3.01. The largest absolute Gasteiger partial charge is 0.393 e. The number of rotatable bonds is 2. The second-order valence-electron chi connectivity index (χ2n) is 7.02. The van der Waals surface area contributed by atoms with Gasteiger partial charge in [-0.15, -0.1) is 0 Å². The Morgan fingerprint density at radius 2 is 2.13 bits per heavy atom. The molecular formula is C18H18Cl2FN5O4. The van der Waals surface area contributed by atoms with Crippen LogP contribution in [0.4, 0.5) is 14.9 Å². The van der Waals surface area contributed by atoms with Crippen LogP contribution in [0.5, 0.6) is 0 Å². The first-order valence-corrected chi connectivity index (χ1v) is 9.88. The van der Waals surface area contributed by atoms with Gasteiger partial charge >= 0.3 is 6.03 Å². The van der Waals surface area contributed by atoms with E-state index in [9.17, 15) is 19.1 Å². The second kappa shape index (κ2) is 8.03. The van der Waals surface area contributed by atoms with E-state index in [4.69, 9.17) is 28.0 Å². The predicted octanol–water partition coefficient (Wildman–Crippen LogP) is 2.30. The van der Waals surface area contributed by atoms with E-state index in [0.717, 1.165) is 11.1 Å². The van der Waals surface area contributed by atoms with Crippen molar-refractivity contribution in [1.29, 1.82) is 0 Å². The van der Waals surface area contributed by atoms with Crippen molar-refractivity contribution < 1.29 is 23.9 Å². The van der Waals surface area contributed by atoms with Crippen molar-refractivity contribution in [2.24, 2.45) is 0 Å². The van der Waals surface area contributed by atoms with Crippen molar-refractivity contribution in [2.75, 3.05) is 25.5 Å². The van der Waals surface area contributed by atoms with Crippen LogP contribution >= 0.6 is 23.2 Å². The predicted molar refractivity (Wildman–Crippen MR) is 106 cm³/mol. The van der Waals surface area contributed by atoms with Crippen LogP contribution in [0.15, 0.2) is 12.1 Å². The number of urea groups is 1. The lowest BCUT2D eigenvalue weighted by Crippen LogP contribution is -2.40. The molecule has 30 heavy (non-hydrogen) atoms. The van der Waals surface area contributed by atoms with Gasteiger partial charge in [0.2, 0.25) is 0 Å². The highest BCUT2D eigenvalue weighted by Crippen LogP contribution is 2.30. The highest BCUT2D eigenvalue weighted by atomic mass is 35.5. The maximum atomic E-state index is 14.1. The summed E-state index contributed by atoms with van der Waals surface area (Å²) in [5.74, 6) is -1.13. The van der Waals surface area contributed by atoms with E-state index in [2.05, 4.69) is 10.4 Å². The van der Waals surface area contributed by atoms with Crippen LogP contribution in [0, 0.1) is 5.82 Å². The number of anilines is 1. The minimum absolute atomic E-state index is 0.0448. The van der Waals surface area contributed by atoms with E-state index in [1.165, 1.54) is 22.7 Å². The fourth-order valence-corrected chi connectivity index (χ4v) is 3.84. The molecule has 1 aromatic heterocycles. The second-order valence-corrected chi connectivity index (χ2v) is 7.83. The topological polar surface area (TPSA) is 99.9 Å². The summed E-state index contributed by atoms with van der Waals surface area (Å²) in [6.07, 6.45) is -0.188. The average molecular weight is 458 g/mol. The van der Waals surface area contributed by atoms with Crippen LogP contribution in [0.25, 0.3) is 0 Å². The molecule has 160 valence electrons. The fourth-order valence-electron chi connectivity index (χ4n) is 3.52. The van der Waals surface area contributed by atoms with Gasteiger partial charge in [0, 0.05) is 25.6 Å². The normalized spacial score (nSPS) is 18.7. The van der Waals surface area contributed by atoms with Crippen LogP contribution in [-0.4, -0.2) is 63.1 Å². The minimum Gasteiger partial charge on any atom is -0.393 e. The van der Waals surface area contributed by atoms with Gasteiger partial charge in [-0.1, -0.05) is 23.2 Å². The van der Waals surface area contributed by atoms with Crippen LogP contribution in [0.2, 0.25) is 10.0 Å². The molecule has 1 aromatic carbocycles. The third kappa shape index (κ3) is 3.71. The number of benzene rings is 1. The Bertz CT molecular complexity index is 1030. The first-order valence-electron chi connectivity index (χ1n) is 9.13. The van der Waals surface area contributed by atoms with Gasteiger partial charge in [-0.05, 0) is 12.1 Å². The third-order valence-corrected chi connectivity index (χ3v) is 5.74. The van der Waals surface area contributed by atoms with Gasteiger partial charge in [-0.25, -0.2) is 14.2 Å². The molecule has 0 aliphatic carbocycles. The third-order valence-electron chi connectivity index (χ3n) is 5.02. The number of halogens is 3. The van der Waals surface area contributed by atoms with Crippen LogP contribution < -0.4 is 5.32 Å². The smallest absolute Gasteiger partial charge is 0.322 e. The summed E-state index contributed by atoms with van der Waals surface area (Å²) >= 11 is 11.7. The lowest BCUT2D eigenvalue weighted by molar-refractivity contribution is -0.159. The zero-order valence-electron chi connectivity index (χ0n) is 15.9. The standard InChI is InChI=1S/C18H18Cl2FN5O4/c1-24-17(28)16-10-7-25(3-2-14(10)23-26(16)6-9(8-27)30-24)18(29)22-15-5-12(20)11(19)4-13(15)21/h4-5,9,27H,2-3,6-8H2,1H3,(H,22,29). The quantitative estimate of drug-likeness (QED) is 0.673. The summed E-state index contributed by atoms with van der Waals surface area (Å²) in [5.41, 5.74) is 1.52. The van der Waals surface area contributed by atoms with Crippen molar-refractivity contribution in [2.45, 2.75) is 25.6 Å². The van der Waals surface area contributed by atoms with Crippen LogP contribution in [0.3, 0.4) is 0 Å². The molecule has 4 rings (SSSR count). The molecule has 0 bridgehead atoms. The molecule has 0 spiro atoms. The van der Waals surface area contributed by atoms with E-state index in [1.807, 2.05) is 0 Å². The Balaban J connectivity index is 1.58. The molecule has 9 nitrogen and oxygen atoms in total. The number of carbonyl (C=O) groups is 2. The minimum atomic E-state index is -0.709. The molecule has 2 N–H and O–H groups in total. The van der Waals surface area contributed by atoms with Crippen molar-refractivity contribution in [1.82, 2.24) is 19.7 Å². The molecule has 1 unspecified atom stereocenters. The molecule has 0 radical (unpaired) electrons. The van der Waals surface area contributed by atoms with E-state index in [-0.39, 0.29) is 35.4 Å². The lowest BCUT2D eigenvalue weighted by atomic mass is 10.1. The number of nitrogens with one attached hydrogen (secondary N) is 1. The van der Waals surface area contributed by atoms with Gasteiger partial charge in [0.15, 0.2) is 0 Å². The Hall–Kier alpha value is -2.40. The zero-order valence-corrected chi connectivity index (χ0v) is 17.4. The van der Waals surface area contributed by atoms with Crippen LogP contribution in [-0.2, 0) is 24.3 Å².